The lowest BCUT2D eigenvalue weighted by Crippen LogP contribution is -2.59. The van der Waals surface area contributed by atoms with Crippen LogP contribution in [0.15, 0.2) is 90.0 Å². The molecule has 2 aromatic rings. The third kappa shape index (κ3) is 4.74. The Kier molecular flexibility index (Phi) is 7.19. The van der Waals surface area contributed by atoms with Crippen molar-refractivity contribution in [2.24, 2.45) is 4.99 Å². The second-order valence-corrected chi connectivity index (χ2v) is 10.8. The number of likely N-dealkylation sites (tertiary alicyclic amines) is 1. The highest BCUT2D eigenvalue weighted by atomic mass is 16.5. The largest absolute Gasteiger partial charge is 0.362 e. The minimum atomic E-state index is -1.03. The molecule has 0 N–H and O–H groups in total. The fraction of sp³-hybridized carbons (Fsp3) is 0.406. The standard InChI is InChI=1S/C32H36N4O3/c1-24-33-32(25-11-4-2-5-12-25,26-13-6-3-7-14-26)31(38)35(24)20-10-19-34-21-17-27(18-22-34)36-28-15-8-9-16-29(28)39-23-30(36)37/h2-9,11-16,27-29H,10,17-23H2,1H3. The number of morpholine rings is 1. The van der Waals surface area contributed by atoms with Gasteiger partial charge < -0.3 is 14.5 Å². The maximum atomic E-state index is 14.0. The highest BCUT2D eigenvalue weighted by molar-refractivity contribution is 6.09. The van der Waals surface area contributed by atoms with Gasteiger partial charge in [0.2, 0.25) is 5.91 Å². The van der Waals surface area contributed by atoms with Gasteiger partial charge in [0.25, 0.3) is 5.91 Å². The van der Waals surface area contributed by atoms with Crippen molar-refractivity contribution in [3.05, 3.63) is 96.1 Å². The normalized spacial score (nSPS) is 25.2. The molecule has 7 nitrogen and oxygen atoms in total. The van der Waals surface area contributed by atoms with Gasteiger partial charge in [0.15, 0.2) is 5.54 Å². The molecule has 39 heavy (non-hydrogen) atoms. The third-order valence-corrected chi connectivity index (χ3v) is 8.53. The Morgan fingerprint density at radius 1 is 0.897 bits per heavy atom. The van der Waals surface area contributed by atoms with Crippen molar-refractivity contribution in [1.29, 1.82) is 0 Å². The highest BCUT2D eigenvalue weighted by Crippen LogP contribution is 2.40. The van der Waals surface area contributed by atoms with E-state index in [-0.39, 0.29) is 36.6 Å². The number of allylic oxidation sites excluding steroid dienone is 2. The first-order valence-corrected chi connectivity index (χ1v) is 14.1. The number of carbonyl (C=O) groups is 2. The molecule has 2 atom stereocenters. The van der Waals surface area contributed by atoms with Crippen molar-refractivity contribution in [2.45, 2.75) is 49.9 Å². The van der Waals surface area contributed by atoms with Crippen LogP contribution in [0.5, 0.6) is 0 Å². The summed E-state index contributed by atoms with van der Waals surface area (Å²) in [4.78, 5) is 38.2. The van der Waals surface area contributed by atoms with Crippen molar-refractivity contribution in [3.8, 4) is 0 Å². The number of hydrogen-bond acceptors (Lipinski definition) is 5. The van der Waals surface area contributed by atoms with Gasteiger partial charge in [0.05, 0.1) is 6.04 Å². The lowest BCUT2D eigenvalue weighted by Gasteiger charge is -2.46. The molecule has 2 amide bonds. The Labute approximate surface area is 230 Å². The van der Waals surface area contributed by atoms with Gasteiger partial charge >= 0.3 is 0 Å². The topological polar surface area (TPSA) is 65.5 Å². The first-order chi connectivity index (χ1) is 19.1. The van der Waals surface area contributed by atoms with Gasteiger partial charge in [-0.1, -0.05) is 85.0 Å². The number of piperidine rings is 1. The fourth-order valence-electron chi connectivity index (χ4n) is 6.57. The van der Waals surface area contributed by atoms with Crippen LogP contribution in [0.3, 0.4) is 0 Å². The first kappa shape index (κ1) is 25.7. The summed E-state index contributed by atoms with van der Waals surface area (Å²) < 4.78 is 5.75. The van der Waals surface area contributed by atoms with Gasteiger partial charge in [-0.15, -0.1) is 0 Å². The molecular weight excluding hydrogens is 488 g/mol. The molecule has 3 aliphatic heterocycles. The summed E-state index contributed by atoms with van der Waals surface area (Å²) in [5.74, 6) is 0.879. The molecule has 0 spiro atoms. The smallest absolute Gasteiger partial charge is 0.265 e. The van der Waals surface area contributed by atoms with Crippen LogP contribution in [0.25, 0.3) is 0 Å². The zero-order valence-electron chi connectivity index (χ0n) is 22.5. The van der Waals surface area contributed by atoms with E-state index in [1.807, 2.05) is 84.6 Å². The number of aliphatic imine (C=N–C) groups is 1. The Hall–Kier alpha value is -3.55. The van der Waals surface area contributed by atoms with E-state index in [9.17, 15) is 9.59 Å². The number of fused-ring (bicyclic) bond motifs is 1. The number of amides is 2. The lowest BCUT2D eigenvalue weighted by molar-refractivity contribution is -0.156. The Balaban J connectivity index is 1.07. The minimum Gasteiger partial charge on any atom is -0.362 e. The summed E-state index contributed by atoms with van der Waals surface area (Å²) >= 11 is 0. The van der Waals surface area contributed by atoms with Crippen molar-refractivity contribution in [1.82, 2.24) is 14.7 Å². The van der Waals surface area contributed by atoms with Crippen LogP contribution in [0.2, 0.25) is 0 Å². The molecule has 2 unspecified atom stereocenters. The molecule has 4 aliphatic rings. The number of amidine groups is 1. The van der Waals surface area contributed by atoms with Gasteiger partial charge in [-0.2, -0.15) is 0 Å². The van der Waals surface area contributed by atoms with Gasteiger partial charge in [-0.05, 0) is 43.9 Å². The fourth-order valence-corrected chi connectivity index (χ4v) is 6.57. The van der Waals surface area contributed by atoms with Gasteiger partial charge in [-0.25, -0.2) is 4.99 Å². The molecular formula is C32H36N4O3. The monoisotopic (exact) mass is 524 g/mol. The van der Waals surface area contributed by atoms with Crippen LogP contribution >= 0.6 is 0 Å². The zero-order valence-corrected chi connectivity index (χ0v) is 22.5. The quantitative estimate of drug-likeness (QED) is 0.553. The van der Waals surface area contributed by atoms with E-state index in [2.05, 4.69) is 22.0 Å². The van der Waals surface area contributed by atoms with E-state index in [1.165, 1.54) is 0 Å². The number of rotatable bonds is 7. The average Bonchev–Trinajstić information content (AvgIpc) is 3.24. The van der Waals surface area contributed by atoms with Gasteiger partial charge in [0, 0.05) is 25.7 Å². The van der Waals surface area contributed by atoms with Crippen molar-refractivity contribution < 1.29 is 14.3 Å². The number of hydrogen-bond donors (Lipinski definition) is 0. The van der Waals surface area contributed by atoms with Crippen molar-refractivity contribution in [3.63, 3.8) is 0 Å². The van der Waals surface area contributed by atoms with E-state index < -0.39 is 5.54 Å². The average molecular weight is 525 g/mol. The molecule has 2 fully saturated rings. The first-order valence-electron chi connectivity index (χ1n) is 14.1. The number of ether oxygens (including phenoxy) is 1. The SMILES string of the molecule is CC1=NC(c2ccccc2)(c2ccccc2)C(=O)N1CCCN1CCC(N2C(=O)COC3C=CC=CC32)CC1. The highest BCUT2D eigenvalue weighted by Gasteiger charge is 2.49. The van der Waals surface area contributed by atoms with Crippen LogP contribution in [0, 0.1) is 0 Å². The third-order valence-electron chi connectivity index (χ3n) is 8.53. The molecule has 7 heteroatoms. The van der Waals surface area contributed by atoms with E-state index in [0.29, 0.717) is 6.54 Å². The van der Waals surface area contributed by atoms with E-state index in [0.717, 1.165) is 55.9 Å². The van der Waals surface area contributed by atoms with Crippen molar-refractivity contribution in [2.75, 3.05) is 32.8 Å². The van der Waals surface area contributed by atoms with Crippen LogP contribution in [0.1, 0.15) is 37.3 Å². The van der Waals surface area contributed by atoms with E-state index in [1.54, 1.807) is 0 Å². The molecule has 0 aromatic heterocycles. The second-order valence-electron chi connectivity index (χ2n) is 10.8. The summed E-state index contributed by atoms with van der Waals surface area (Å²) in [5.41, 5.74) is 0.762. The lowest BCUT2D eigenvalue weighted by atomic mass is 9.83. The molecule has 0 bridgehead atoms. The predicted molar refractivity (Wildman–Crippen MR) is 151 cm³/mol. The van der Waals surface area contributed by atoms with Crippen LogP contribution in [-0.2, 0) is 19.9 Å². The van der Waals surface area contributed by atoms with Crippen LogP contribution in [0.4, 0.5) is 0 Å². The number of benzene rings is 2. The molecule has 0 saturated carbocycles. The molecule has 0 radical (unpaired) electrons. The molecule has 3 heterocycles. The van der Waals surface area contributed by atoms with Crippen LogP contribution in [-0.4, -0.2) is 83.3 Å². The maximum absolute atomic E-state index is 14.0. The molecule has 1 aliphatic carbocycles. The Morgan fingerprint density at radius 3 is 2.21 bits per heavy atom. The molecule has 2 saturated heterocycles. The zero-order chi connectivity index (χ0) is 26.8. The van der Waals surface area contributed by atoms with Gasteiger partial charge in [0.1, 0.15) is 18.5 Å². The number of carbonyl (C=O) groups excluding carboxylic acids is 2. The van der Waals surface area contributed by atoms with Crippen LogP contribution < -0.4 is 0 Å². The second kappa shape index (κ2) is 10.9. The van der Waals surface area contributed by atoms with E-state index >= 15 is 0 Å². The predicted octanol–water partition coefficient (Wildman–Crippen LogP) is 3.77. The number of nitrogens with zero attached hydrogens (tertiary/aromatic N) is 4. The molecule has 202 valence electrons. The maximum Gasteiger partial charge on any atom is 0.265 e. The van der Waals surface area contributed by atoms with E-state index in [4.69, 9.17) is 9.73 Å². The molecule has 6 rings (SSSR count). The molecule has 2 aromatic carbocycles. The Bertz CT molecular complexity index is 1240. The van der Waals surface area contributed by atoms with Crippen molar-refractivity contribution >= 4 is 17.6 Å². The minimum absolute atomic E-state index is 0.00531. The summed E-state index contributed by atoms with van der Waals surface area (Å²) in [5, 5.41) is 0. The summed E-state index contributed by atoms with van der Waals surface area (Å²) in [6.07, 6.45) is 10.9. The Morgan fingerprint density at radius 2 is 1.54 bits per heavy atom. The summed E-state index contributed by atoms with van der Waals surface area (Å²) in [7, 11) is 0. The van der Waals surface area contributed by atoms with Gasteiger partial charge in [-0.3, -0.25) is 14.5 Å². The summed E-state index contributed by atoms with van der Waals surface area (Å²) in [6.45, 7) is 5.56. The summed E-state index contributed by atoms with van der Waals surface area (Å²) in [6, 6.07) is 20.0.